The number of hydrogen-bond acceptors (Lipinski definition) is 5. The first-order chi connectivity index (χ1) is 15.9. The van der Waals surface area contributed by atoms with Crippen LogP contribution in [0, 0.1) is 5.82 Å². The van der Waals surface area contributed by atoms with Crippen LogP contribution in [0.2, 0.25) is 0 Å². The summed E-state index contributed by atoms with van der Waals surface area (Å²) in [6.45, 7) is 0.380. The lowest BCUT2D eigenvalue weighted by Crippen LogP contribution is -2.07. The Kier molecular flexibility index (Phi) is 7.08. The number of carboxylic acid groups (broad SMARTS) is 1. The number of aliphatic carboxylic acids is 1. The van der Waals surface area contributed by atoms with Crippen molar-refractivity contribution in [2.45, 2.75) is 36.5 Å². The molecule has 33 heavy (non-hydrogen) atoms. The molecule has 0 spiro atoms. The van der Waals surface area contributed by atoms with Crippen LogP contribution in [0.5, 0.6) is 23.0 Å². The molecule has 1 aliphatic carbocycles. The first kappa shape index (κ1) is 23.0. The summed E-state index contributed by atoms with van der Waals surface area (Å²) >= 11 is 1.70. The number of benzene rings is 3. The van der Waals surface area contributed by atoms with Gasteiger partial charge in [0.25, 0.3) is 0 Å². The average molecular weight is 469 g/mol. The number of aromatic hydroxyl groups is 1. The SMILES string of the molecule is CSc1ccc(Oc2ccc(F)c3c2CCC3)cc1.O=C(O)CC1COc2cc(O)ccc21. The molecule has 5 rings (SSSR count). The van der Waals surface area contributed by atoms with Crippen LogP contribution in [0.25, 0.3) is 0 Å². The summed E-state index contributed by atoms with van der Waals surface area (Å²) < 4.78 is 24.8. The fourth-order valence-corrected chi connectivity index (χ4v) is 4.55. The largest absolute Gasteiger partial charge is 0.508 e. The van der Waals surface area contributed by atoms with Crippen molar-refractivity contribution < 1.29 is 28.9 Å². The molecular weight excluding hydrogens is 443 g/mol. The second kappa shape index (κ2) is 10.2. The van der Waals surface area contributed by atoms with E-state index in [9.17, 15) is 9.18 Å². The molecule has 0 bridgehead atoms. The molecule has 2 aliphatic rings. The number of ether oxygens (including phenoxy) is 2. The highest BCUT2D eigenvalue weighted by Crippen LogP contribution is 2.38. The summed E-state index contributed by atoms with van der Waals surface area (Å²) in [5.41, 5.74) is 2.73. The lowest BCUT2D eigenvalue weighted by molar-refractivity contribution is -0.137. The third kappa shape index (κ3) is 5.42. The number of hydrogen-bond donors (Lipinski definition) is 2. The molecule has 172 valence electrons. The Morgan fingerprint density at radius 1 is 1.12 bits per heavy atom. The first-order valence-corrected chi connectivity index (χ1v) is 12.0. The number of fused-ring (bicyclic) bond motifs is 2. The Bertz CT molecular complexity index is 1150. The van der Waals surface area contributed by atoms with E-state index >= 15 is 0 Å². The van der Waals surface area contributed by atoms with Crippen molar-refractivity contribution in [1.82, 2.24) is 0 Å². The van der Waals surface area contributed by atoms with Crippen molar-refractivity contribution in [3.63, 3.8) is 0 Å². The number of phenols is 1. The molecule has 0 amide bonds. The Balaban J connectivity index is 0.000000165. The minimum Gasteiger partial charge on any atom is -0.508 e. The quantitative estimate of drug-likeness (QED) is 0.436. The van der Waals surface area contributed by atoms with E-state index < -0.39 is 5.97 Å². The molecule has 0 aromatic heterocycles. The molecule has 0 saturated heterocycles. The monoisotopic (exact) mass is 468 g/mol. The van der Waals surface area contributed by atoms with Gasteiger partial charge in [-0.2, -0.15) is 0 Å². The minimum absolute atomic E-state index is 0.0672. The van der Waals surface area contributed by atoms with Gasteiger partial charge < -0.3 is 19.7 Å². The summed E-state index contributed by atoms with van der Waals surface area (Å²) in [6.07, 6.45) is 4.85. The Labute approximate surface area is 196 Å². The molecule has 3 aromatic rings. The van der Waals surface area contributed by atoms with Gasteiger partial charge in [0, 0.05) is 28.0 Å². The van der Waals surface area contributed by atoms with E-state index in [1.807, 2.05) is 30.5 Å². The van der Waals surface area contributed by atoms with Crippen LogP contribution in [0.4, 0.5) is 4.39 Å². The van der Waals surface area contributed by atoms with E-state index in [1.54, 1.807) is 30.0 Å². The van der Waals surface area contributed by atoms with E-state index in [1.165, 1.54) is 17.0 Å². The molecule has 1 unspecified atom stereocenters. The van der Waals surface area contributed by atoms with E-state index in [-0.39, 0.29) is 23.9 Å². The van der Waals surface area contributed by atoms with Crippen molar-refractivity contribution in [3.05, 3.63) is 77.1 Å². The van der Waals surface area contributed by atoms with Gasteiger partial charge in [-0.05, 0) is 73.5 Å². The molecule has 0 radical (unpaired) electrons. The summed E-state index contributed by atoms with van der Waals surface area (Å²) in [5, 5.41) is 17.8. The van der Waals surface area contributed by atoms with Crippen molar-refractivity contribution >= 4 is 17.7 Å². The minimum atomic E-state index is -0.834. The normalized spacial score (nSPS) is 15.6. The number of phenolic OH excluding ortho intramolecular Hbond substituents is 1. The number of rotatable bonds is 5. The van der Waals surface area contributed by atoms with Crippen LogP contribution >= 0.6 is 11.8 Å². The molecule has 0 saturated carbocycles. The second-order valence-electron chi connectivity index (χ2n) is 7.96. The molecule has 7 heteroatoms. The van der Waals surface area contributed by atoms with Crippen LogP contribution < -0.4 is 9.47 Å². The van der Waals surface area contributed by atoms with Crippen LogP contribution in [-0.2, 0) is 17.6 Å². The van der Waals surface area contributed by atoms with Gasteiger partial charge in [-0.1, -0.05) is 6.07 Å². The Morgan fingerprint density at radius 3 is 2.61 bits per heavy atom. The van der Waals surface area contributed by atoms with Crippen molar-refractivity contribution in [3.8, 4) is 23.0 Å². The van der Waals surface area contributed by atoms with Gasteiger partial charge in [0.15, 0.2) is 0 Å². The van der Waals surface area contributed by atoms with Crippen LogP contribution in [0.1, 0.15) is 35.4 Å². The van der Waals surface area contributed by atoms with E-state index in [4.69, 9.17) is 19.7 Å². The highest BCUT2D eigenvalue weighted by atomic mass is 32.2. The Hall–Kier alpha value is -3.19. The first-order valence-electron chi connectivity index (χ1n) is 10.7. The number of halogens is 1. The van der Waals surface area contributed by atoms with E-state index in [0.29, 0.717) is 12.4 Å². The van der Waals surface area contributed by atoms with Crippen molar-refractivity contribution in [2.75, 3.05) is 12.9 Å². The predicted octanol–water partition coefficient (Wildman–Crippen LogP) is 6.17. The van der Waals surface area contributed by atoms with Gasteiger partial charge in [0.2, 0.25) is 0 Å². The van der Waals surface area contributed by atoms with Gasteiger partial charge in [-0.25, -0.2) is 4.39 Å². The zero-order valence-corrected chi connectivity index (χ0v) is 19.0. The van der Waals surface area contributed by atoms with Gasteiger partial charge in [0.05, 0.1) is 13.0 Å². The Morgan fingerprint density at radius 2 is 1.88 bits per heavy atom. The molecule has 0 fully saturated rings. The van der Waals surface area contributed by atoms with Crippen LogP contribution in [0.15, 0.2) is 59.5 Å². The van der Waals surface area contributed by atoms with Crippen molar-refractivity contribution in [2.24, 2.45) is 0 Å². The van der Waals surface area contributed by atoms with Crippen molar-refractivity contribution in [1.29, 1.82) is 0 Å². The highest BCUT2D eigenvalue weighted by molar-refractivity contribution is 7.98. The lowest BCUT2D eigenvalue weighted by Gasteiger charge is -2.11. The highest BCUT2D eigenvalue weighted by Gasteiger charge is 2.26. The summed E-state index contributed by atoms with van der Waals surface area (Å²) in [5.74, 6) is 1.31. The lowest BCUT2D eigenvalue weighted by atomic mass is 9.98. The number of carboxylic acids is 1. The zero-order chi connectivity index (χ0) is 23.4. The average Bonchev–Trinajstić information content (AvgIpc) is 3.44. The summed E-state index contributed by atoms with van der Waals surface area (Å²) in [4.78, 5) is 11.7. The van der Waals surface area contributed by atoms with E-state index in [2.05, 4.69) is 0 Å². The van der Waals surface area contributed by atoms with E-state index in [0.717, 1.165) is 47.5 Å². The third-order valence-electron chi connectivity index (χ3n) is 5.77. The smallest absolute Gasteiger partial charge is 0.304 e. The maximum atomic E-state index is 13.6. The van der Waals surface area contributed by atoms with Crippen LogP contribution in [0.3, 0.4) is 0 Å². The molecule has 3 aromatic carbocycles. The maximum absolute atomic E-state index is 13.6. The predicted molar refractivity (Wildman–Crippen MR) is 125 cm³/mol. The maximum Gasteiger partial charge on any atom is 0.304 e. The molecule has 1 atom stereocenters. The molecule has 1 aliphatic heterocycles. The fraction of sp³-hybridized carbons (Fsp3) is 0.269. The fourth-order valence-electron chi connectivity index (χ4n) is 4.14. The zero-order valence-electron chi connectivity index (χ0n) is 18.2. The van der Waals surface area contributed by atoms with Gasteiger partial charge >= 0.3 is 5.97 Å². The van der Waals surface area contributed by atoms with Gasteiger partial charge in [-0.3, -0.25) is 4.79 Å². The summed E-state index contributed by atoms with van der Waals surface area (Å²) in [7, 11) is 0. The number of carbonyl (C=O) groups is 1. The summed E-state index contributed by atoms with van der Waals surface area (Å²) in [6, 6.07) is 16.0. The third-order valence-corrected chi connectivity index (χ3v) is 6.51. The number of thioether (sulfide) groups is 1. The standard InChI is InChI=1S/C16H15FOS.C10H10O4/c1-19-12-7-5-11(6-8-12)18-16-10-9-15(17)13-3-2-4-14(13)16;11-7-1-2-8-6(3-10(12)13)5-14-9(8)4-7/h5-10H,2-4H2,1H3;1-2,4,6,11H,3,5H2,(H,12,13). The topological polar surface area (TPSA) is 76.0 Å². The van der Waals surface area contributed by atoms with Gasteiger partial charge in [0.1, 0.15) is 28.8 Å². The molecule has 2 N–H and O–H groups in total. The van der Waals surface area contributed by atoms with Crippen LogP contribution in [-0.4, -0.2) is 29.0 Å². The molecule has 1 heterocycles. The molecule has 5 nitrogen and oxygen atoms in total. The molecular formula is C26H25FO5S. The second-order valence-corrected chi connectivity index (χ2v) is 8.84. The van der Waals surface area contributed by atoms with Gasteiger partial charge in [-0.15, -0.1) is 11.8 Å².